The molecule has 0 aromatic heterocycles. The van der Waals surface area contributed by atoms with Crippen LogP contribution in [0.25, 0.3) is 0 Å². The van der Waals surface area contributed by atoms with Crippen LogP contribution in [0.1, 0.15) is 38.7 Å². The van der Waals surface area contributed by atoms with Gasteiger partial charge in [-0.05, 0) is 18.1 Å². The van der Waals surface area contributed by atoms with Crippen molar-refractivity contribution in [2.75, 3.05) is 7.11 Å². The first-order chi connectivity index (χ1) is 9.43. The monoisotopic (exact) mass is 315 g/mol. The molecule has 0 aliphatic carbocycles. The maximum Gasteiger partial charge on any atom is 0.133 e. The summed E-state index contributed by atoms with van der Waals surface area (Å²) in [5, 5.41) is 4.93. The Morgan fingerprint density at radius 3 is 2.50 bits per heavy atom. The van der Waals surface area contributed by atoms with E-state index < -0.39 is 0 Å². The van der Waals surface area contributed by atoms with Crippen molar-refractivity contribution in [3.63, 3.8) is 0 Å². The SMILES string of the molecule is CO/N=C(\CCC(=O)CC(C)C)c1ccc(Cl)c(Cl)c1. The topological polar surface area (TPSA) is 38.7 Å². The van der Waals surface area contributed by atoms with E-state index in [1.54, 1.807) is 12.1 Å². The fraction of sp³-hybridized carbons (Fsp3) is 0.467. The second-order valence-corrected chi connectivity index (χ2v) is 5.80. The average molecular weight is 316 g/mol. The van der Waals surface area contributed by atoms with Gasteiger partial charge < -0.3 is 4.84 Å². The molecule has 0 heterocycles. The predicted molar refractivity (Wildman–Crippen MR) is 83.7 cm³/mol. The summed E-state index contributed by atoms with van der Waals surface area (Å²) < 4.78 is 0. The van der Waals surface area contributed by atoms with Gasteiger partial charge in [0.2, 0.25) is 0 Å². The number of hydrogen-bond acceptors (Lipinski definition) is 3. The number of benzene rings is 1. The number of Topliss-reactive ketones (excluding diaryl/α,β-unsaturated/α-hetero) is 1. The summed E-state index contributed by atoms with van der Waals surface area (Å²) in [6, 6.07) is 5.26. The van der Waals surface area contributed by atoms with Gasteiger partial charge in [-0.15, -0.1) is 0 Å². The molecule has 5 heteroatoms. The second-order valence-electron chi connectivity index (χ2n) is 4.99. The van der Waals surface area contributed by atoms with E-state index in [0.717, 1.165) is 5.56 Å². The number of carbonyl (C=O) groups is 1. The third-order valence-corrected chi connectivity index (χ3v) is 3.47. The molecule has 0 N–H and O–H groups in total. The Morgan fingerprint density at radius 1 is 1.25 bits per heavy atom. The Balaban J connectivity index is 2.77. The van der Waals surface area contributed by atoms with Crippen LogP contribution in [-0.4, -0.2) is 18.6 Å². The van der Waals surface area contributed by atoms with E-state index in [4.69, 9.17) is 28.0 Å². The molecule has 1 aromatic carbocycles. The molecule has 0 unspecified atom stereocenters. The smallest absolute Gasteiger partial charge is 0.133 e. The minimum absolute atomic E-state index is 0.226. The van der Waals surface area contributed by atoms with Gasteiger partial charge in [0.25, 0.3) is 0 Å². The zero-order valence-electron chi connectivity index (χ0n) is 12.0. The number of rotatable bonds is 7. The lowest BCUT2D eigenvalue weighted by molar-refractivity contribution is -0.119. The summed E-state index contributed by atoms with van der Waals surface area (Å²) in [5.41, 5.74) is 1.52. The third-order valence-electron chi connectivity index (χ3n) is 2.73. The third kappa shape index (κ3) is 5.51. The van der Waals surface area contributed by atoms with E-state index in [1.807, 2.05) is 19.9 Å². The minimum Gasteiger partial charge on any atom is -0.399 e. The molecule has 0 saturated heterocycles. The number of nitrogens with zero attached hydrogens (tertiary/aromatic N) is 1. The summed E-state index contributed by atoms with van der Waals surface area (Å²) in [7, 11) is 1.48. The Labute approximate surface area is 129 Å². The molecule has 0 aliphatic heterocycles. The van der Waals surface area contributed by atoms with Crippen molar-refractivity contribution >= 4 is 34.7 Å². The number of oxime groups is 1. The van der Waals surface area contributed by atoms with Gasteiger partial charge in [0.05, 0.1) is 15.8 Å². The van der Waals surface area contributed by atoms with E-state index in [9.17, 15) is 4.79 Å². The van der Waals surface area contributed by atoms with Crippen LogP contribution in [0.15, 0.2) is 23.4 Å². The molecule has 0 amide bonds. The van der Waals surface area contributed by atoms with Crippen molar-refractivity contribution in [2.24, 2.45) is 11.1 Å². The normalized spacial score (nSPS) is 11.8. The molecular formula is C15H19Cl2NO2. The highest BCUT2D eigenvalue weighted by Crippen LogP contribution is 2.24. The highest BCUT2D eigenvalue weighted by Gasteiger charge is 2.11. The van der Waals surface area contributed by atoms with Crippen LogP contribution in [-0.2, 0) is 9.63 Å². The van der Waals surface area contributed by atoms with Crippen molar-refractivity contribution in [1.82, 2.24) is 0 Å². The lowest BCUT2D eigenvalue weighted by Gasteiger charge is -2.08. The second kappa shape index (κ2) is 8.28. The lowest BCUT2D eigenvalue weighted by atomic mass is 10.00. The van der Waals surface area contributed by atoms with Crippen LogP contribution in [0.3, 0.4) is 0 Å². The predicted octanol–water partition coefficient (Wildman–Crippen LogP) is 4.74. The zero-order valence-corrected chi connectivity index (χ0v) is 13.5. The number of halogens is 2. The summed E-state index contributed by atoms with van der Waals surface area (Å²) in [4.78, 5) is 16.6. The zero-order chi connectivity index (χ0) is 15.1. The molecule has 1 aromatic rings. The van der Waals surface area contributed by atoms with E-state index in [2.05, 4.69) is 5.16 Å². The molecule has 0 atom stereocenters. The standard InChI is InChI=1S/C15H19Cl2NO2/c1-10(2)8-12(19)5-7-15(18-20-3)11-4-6-13(16)14(17)9-11/h4,6,9-10H,5,7-8H2,1-3H3/b18-15+. The van der Waals surface area contributed by atoms with Gasteiger partial charge in [0, 0.05) is 24.8 Å². The molecule has 0 radical (unpaired) electrons. The van der Waals surface area contributed by atoms with Crippen LogP contribution in [0.2, 0.25) is 10.0 Å². The molecule has 0 spiro atoms. The maximum absolute atomic E-state index is 11.8. The first-order valence-corrected chi connectivity index (χ1v) is 7.26. The van der Waals surface area contributed by atoms with Gasteiger partial charge in [0.1, 0.15) is 12.9 Å². The molecule has 20 heavy (non-hydrogen) atoms. The van der Waals surface area contributed by atoms with Crippen molar-refractivity contribution in [3.05, 3.63) is 33.8 Å². The number of hydrogen-bond donors (Lipinski definition) is 0. The quantitative estimate of drug-likeness (QED) is 0.538. The van der Waals surface area contributed by atoms with Gasteiger partial charge in [-0.2, -0.15) is 0 Å². The molecule has 0 bridgehead atoms. The van der Waals surface area contributed by atoms with Crippen LogP contribution >= 0.6 is 23.2 Å². The van der Waals surface area contributed by atoms with E-state index in [1.165, 1.54) is 7.11 Å². The summed E-state index contributed by atoms with van der Waals surface area (Å²) >= 11 is 11.9. The number of carbonyl (C=O) groups excluding carboxylic acids is 1. The molecule has 3 nitrogen and oxygen atoms in total. The van der Waals surface area contributed by atoms with E-state index in [0.29, 0.717) is 40.9 Å². The van der Waals surface area contributed by atoms with E-state index >= 15 is 0 Å². The van der Waals surface area contributed by atoms with Crippen molar-refractivity contribution in [3.8, 4) is 0 Å². The molecule has 0 saturated carbocycles. The molecule has 0 fully saturated rings. The average Bonchev–Trinajstić information content (AvgIpc) is 2.37. The van der Waals surface area contributed by atoms with Gasteiger partial charge in [-0.25, -0.2) is 0 Å². The summed E-state index contributed by atoms with van der Waals surface area (Å²) in [5.74, 6) is 0.596. The van der Waals surface area contributed by atoms with Gasteiger partial charge in [-0.3, -0.25) is 4.79 Å². The summed E-state index contributed by atoms with van der Waals surface area (Å²) in [6.45, 7) is 4.06. The van der Waals surface area contributed by atoms with Crippen LogP contribution in [0.4, 0.5) is 0 Å². The Hall–Kier alpha value is -1.06. The number of ketones is 1. The Bertz CT molecular complexity index is 499. The van der Waals surface area contributed by atoms with Crippen molar-refractivity contribution in [2.45, 2.75) is 33.1 Å². The van der Waals surface area contributed by atoms with Crippen molar-refractivity contribution in [1.29, 1.82) is 0 Å². The molecule has 110 valence electrons. The van der Waals surface area contributed by atoms with Gasteiger partial charge >= 0.3 is 0 Å². The molecule has 1 rings (SSSR count). The largest absolute Gasteiger partial charge is 0.399 e. The molecular weight excluding hydrogens is 297 g/mol. The fourth-order valence-electron chi connectivity index (χ4n) is 1.84. The van der Waals surface area contributed by atoms with E-state index in [-0.39, 0.29) is 5.78 Å². The molecule has 0 aliphatic rings. The summed E-state index contributed by atoms with van der Waals surface area (Å²) in [6.07, 6.45) is 1.56. The van der Waals surface area contributed by atoms with Crippen LogP contribution in [0.5, 0.6) is 0 Å². The minimum atomic E-state index is 0.226. The van der Waals surface area contributed by atoms with Gasteiger partial charge in [-0.1, -0.05) is 48.3 Å². The van der Waals surface area contributed by atoms with Crippen LogP contribution < -0.4 is 0 Å². The highest BCUT2D eigenvalue weighted by molar-refractivity contribution is 6.42. The van der Waals surface area contributed by atoms with Crippen LogP contribution in [0, 0.1) is 5.92 Å². The maximum atomic E-state index is 11.8. The fourth-order valence-corrected chi connectivity index (χ4v) is 2.14. The Morgan fingerprint density at radius 2 is 1.95 bits per heavy atom. The first-order valence-electron chi connectivity index (χ1n) is 6.51. The highest BCUT2D eigenvalue weighted by atomic mass is 35.5. The van der Waals surface area contributed by atoms with Gasteiger partial charge in [0.15, 0.2) is 0 Å². The Kier molecular flexibility index (Phi) is 7.03. The van der Waals surface area contributed by atoms with Crippen molar-refractivity contribution < 1.29 is 9.63 Å². The first kappa shape index (κ1) is 17.0. The lowest BCUT2D eigenvalue weighted by Crippen LogP contribution is -2.08.